The molecule has 2 heteroatoms. The maximum absolute atomic E-state index is 6.06. The fourth-order valence-corrected chi connectivity index (χ4v) is 1.75. The lowest BCUT2D eigenvalue weighted by molar-refractivity contribution is 0.128. The van der Waals surface area contributed by atoms with Gasteiger partial charge in [0.25, 0.3) is 0 Å². The van der Waals surface area contributed by atoms with Gasteiger partial charge in [0.1, 0.15) is 0 Å². The van der Waals surface area contributed by atoms with Crippen molar-refractivity contribution < 1.29 is 0 Å². The second-order valence-electron chi connectivity index (χ2n) is 4.32. The van der Waals surface area contributed by atoms with Crippen molar-refractivity contribution in [1.82, 2.24) is 4.90 Å². The van der Waals surface area contributed by atoms with Crippen molar-refractivity contribution in [2.24, 2.45) is 5.73 Å². The van der Waals surface area contributed by atoms with E-state index in [1.54, 1.807) is 0 Å². The summed E-state index contributed by atoms with van der Waals surface area (Å²) in [5.41, 5.74) is 6.12. The SMILES string of the molecule is CC.CC(C)N1CCCC(C)(N)C1. The van der Waals surface area contributed by atoms with Crippen molar-refractivity contribution in [2.75, 3.05) is 13.1 Å². The van der Waals surface area contributed by atoms with E-state index >= 15 is 0 Å². The van der Waals surface area contributed by atoms with Gasteiger partial charge in [-0.2, -0.15) is 0 Å². The standard InChI is InChI=1S/C9H20N2.C2H6/c1-8(2)11-6-4-5-9(3,10)7-11;1-2/h8H,4-7,10H2,1-3H3;1-2H3. The molecule has 0 aliphatic carbocycles. The molecule has 0 aromatic carbocycles. The van der Waals surface area contributed by atoms with Gasteiger partial charge in [-0.05, 0) is 40.2 Å². The third kappa shape index (κ3) is 4.63. The average molecular weight is 186 g/mol. The summed E-state index contributed by atoms with van der Waals surface area (Å²) in [4.78, 5) is 2.46. The van der Waals surface area contributed by atoms with Gasteiger partial charge in [-0.15, -0.1) is 0 Å². The number of piperidine rings is 1. The van der Waals surface area contributed by atoms with Crippen LogP contribution in [0, 0.1) is 0 Å². The maximum Gasteiger partial charge on any atom is 0.0255 e. The Morgan fingerprint density at radius 3 is 2.15 bits per heavy atom. The fourth-order valence-electron chi connectivity index (χ4n) is 1.75. The third-order valence-corrected chi connectivity index (χ3v) is 2.49. The lowest BCUT2D eigenvalue weighted by Crippen LogP contribution is -2.53. The molecule has 1 heterocycles. The number of hydrogen-bond acceptors (Lipinski definition) is 2. The number of rotatable bonds is 1. The molecule has 1 unspecified atom stereocenters. The highest BCUT2D eigenvalue weighted by Crippen LogP contribution is 2.19. The van der Waals surface area contributed by atoms with Crippen molar-refractivity contribution in [3.8, 4) is 0 Å². The van der Waals surface area contributed by atoms with E-state index in [1.807, 2.05) is 13.8 Å². The molecule has 1 rings (SSSR count). The minimum atomic E-state index is 0.0581. The molecule has 0 bridgehead atoms. The minimum absolute atomic E-state index is 0.0581. The van der Waals surface area contributed by atoms with Gasteiger partial charge >= 0.3 is 0 Å². The molecule has 0 spiro atoms. The summed E-state index contributed by atoms with van der Waals surface area (Å²) in [6.07, 6.45) is 2.43. The van der Waals surface area contributed by atoms with Crippen LogP contribution in [0.5, 0.6) is 0 Å². The van der Waals surface area contributed by atoms with E-state index in [-0.39, 0.29) is 5.54 Å². The van der Waals surface area contributed by atoms with Crippen LogP contribution in [0.3, 0.4) is 0 Å². The molecule has 1 saturated heterocycles. The highest BCUT2D eigenvalue weighted by atomic mass is 15.2. The fraction of sp³-hybridized carbons (Fsp3) is 1.00. The van der Waals surface area contributed by atoms with Gasteiger partial charge in [0.05, 0.1) is 0 Å². The van der Waals surface area contributed by atoms with Crippen LogP contribution in [-0.2, 0) is 0 Å². The summed E-state index contributed by atoms with van der Waals surface area (Å²) in [6, 6.07) is 0.651. The second-order valence-corrected chi connectivity index (χ2v) is 4.32. The van der Waals surface area contributed by atoms with Crippen LogP contribution < -0.4 is 5.73 Å². The molecule has 1 atom stereocenters. The van der Waals surface area contributed by atoms with Gasteiger partial charge in [-0.3, -0.25) is 4.90 Å². The summed E-state index contributed by atoms with van der Waals surface area (Å²) in [5, 5.41) is 0. The van der Waals surface area contributed by atoms with Crippen LogP contribution in [0.15, 0.2) is 0 Å². The number of nitrogens with two attached hydrogens (primary N) is 1. The van der Waals surface area contributed by atoms with Crippen molar-refractivity contribution in [3.63, 3.8) is 0 Å². The van der Waals surface area contributed by atoms with Crippen molar-refractivity contribution in [2.45, 2.75) is 59.0 Å². The van der Waals surface area contributed by atoms with Crippen LogP contribution in [-0.4, -0.2) is 29.6 Å². The molecule has 2 nitrogen and oxygen atoms in total. The molecule has 80 valence electrons. The van der Waals surface area contributed by atoms with E-state index in [0.717, 1.165) is 6.54 Å². The van der Waals surface area contributed by atoms with Crippen molar-refractivity contribution in [3.05, 3.63) is 0 Å². The Morgan fingerprint density at radius 2 is 1.85 bits per heavy atom. The minimum Gasteiger partial charge on any atom is -0.324 e. The van der Waals surface area contributed by atoms with E-state index < -0.39 is 0 Å². The first-order chi connectivity index (χ1) is 6.01. The van der Waals surface area contributed by atoms with Crippen molar-refractivity contribution in [1.29, 1.82) is 0 Å². The van der Waals surface area contributed by atoms with Crippen LogP contribution in [0.1, 0.15) is 47.5 Å². The highest BCUT2D eigenvalue weighted by molar-refractivity contribution is 4.88. The van der Waals surface area contributed by atoms with Crippen LogP contribution in [0.25, 0.3) is 0 Å². The Labute approximate surface area is 83.5 Å². The summed E-state index contributed by atoms with van der Waals surface area (Å²) < 4.78 is 0. The van der Waals surface area contributed by atoms with E-state index in [0.29, 0.717) is 6.04 Å². The summed E-state index contributed by atoms with van der Waals surface area (Å²) in [5.74, 6) is 0. The van der Waals surface area contributed by atoms with Crippen LogP contribution >= 0.6 is 0 Å². The quantitative estimate of drug-likeness (QED) is 0.680. The molecule has 0 saturated carbocycles. The lowest BCUT2D eigenvalue weighted by atomic mass is 9.92. The van der Waals surface area contributed by atoms with Crippen LogP contribution in [0.4, 0.5) is 0 Å². The molecule has 13 heavy (non-hydrogen) atoms. The first-order valence-corrected chi connectivity index (χ1v) is 5.54. The zero-order valence-corrected chi connectivity index (χ0v) is 9.93. The number of nitrogens with zero attached hydrogens (tertiary/aromatic N) is 1. The molecule has 2 N–H and O–H groups in total. The Bertz CT molecular complexity index is 130. The Kier molecular flexibility index (Phi) is 5.57. The zero-order valence-electron chi connectivity index (χ0n) is 9.93. The normalized spacial score (nSPS) is 29.8. The van der Waals surface area contributed by atoms with E-state index in [2.05, 4.69) is 25.7 Å². The van der Waals surface area contributed by atoms with Gasteiger partial charge in [-0.25, -0.2) is 0 Å². The Hall–Kier alpha value is -0.0800. The molecule has 0 amide bonds. The van der Waals surface area contributed by atoms with Gasteiger partial charge < -0.3 is 5.73 Å². The summed E-state index contributed by atoms with van der Waals surface area (Å²) >= 11 is 0. The monoisotopic (exact) mass is 186 g/mol. The molecule has 0 aromatic heterocycles. The molecular weight excluding hydrogens is 160 g/mol. The Morgan fingerprint density at radius 1 is 1.31 bits per heavy atom. The molecule has 0 radical (unpaired) electrons. The first-order valence-electron chi connectivity index (χ1n) is 5.54. The number of likely N-dealkylation sites (tertiary alicyclic amines) is 1. The number of hydrogen-bond donors (Lipinski definition) is 1. The van der Waals surface area contributed by atoms with Gasteiger partial charge in [0.15, 0.2) is 0 Å². The van der Waals surface area contributed by atoms with Gasteiger partial charge in [-0.1, -0.05) is 13.8 Å². The van der Waals surface area contributed by atoms with Gasteiger partial charge in [0.2, 0.25) is 0 Å². The predicted octanol–water partition coefficient (Wildman–Crippen LogP) is 2.23. The molecule has 0 aromatic rings. The molecule has 1 aliphatic rings. The lowest BCUT2D eigenvalue weighted by Gasteiger charge is -2.40. The van der Waals surface area contributed by atoms with Crippen LogP contribution in [0.2, 0.25) is 0 Å². The molecular formula is C11H26N2. The Balaban J connectivity index is 0.000000671. The second kappa shape index (κ2) is 5.61. The van der Waals surface area contributed by atoms with E-state index in [9.17, 15) is 0 Å². The maximum atomic E-state index is 6.06. The third-order valence-electron chi connectivity index (χ3n) is 2.49. The van der Waals surface area contributed by atoms with Gasteiger partial charge in [0, 0.05) is 18.1 Å². The largest absolute Gasteiger partial charge is 0.324 e. The van der Waals surface area contributed by atoms with Crippen molar-refractivity contribution >= 4 is 0 Å². The molecule has 1 aliphatic heterocycles. The predicted molar refractivity (Wildman–Crippen MR) is 59.9 cm³/mol. The highest BCUT2D eigenvalue weighted by Gasteiger charge is 2.27. The first kappa shape index (κ1) is 12.9. The molecule has 1 fully saturated rings. The van der Waals surface area contributed by atoms with E-state index in [4.69, 9.17) is 5.73 Å². The topological polar surface area (TPSA) is 29.3 Å². The van der Waals surface area contributed by atoms with E-state index in [1.165, 1.54) is 19.4 Å². The summed E-state index contributed by atoms with van der Waals surface area (Å²) in [6.45, 7) is 12.9. The summed E-state index contributed by atoms with van der Waals surface area (Å²) in [7, 11) is 0. The smallest absolute Gasteiger partial charge is 0.0255 e. The average Bonchev–Trinajstić information content (AvgIpc) is 2.06. The zero-order chi connectivity index (χ0) is 10.5.